The number of hydrogen-bond donors (Lipinski definition) is 1. The van der Waals surface area contributed by atoms with Crippen molar-refractivity contribution in [1.82, 2.24) is 14.5 Å². The van der Waals surface area contributed by atoms with Crippen LogP contribution in [0, 0.1) is 10.7 Å². The molecule has 17 heavy (non-hydrogen) atoms. The van der Waals surface area contributed by atoms with Gasteiger partial charge in [0, 0.05) is 12.2 Å². The first-order chi connectivity index (χ1) is 8.13. The second-order valence-electron chi connectivity index (χ2n) is 4.77. The fourth-order valence-corrected chi connectivity index (χ4v) is 2.60. The molecule has 1 N–H and O–H groups in total. The lowest BCUT2D eigenvalue weighted by molar-refractivity contribution is 0.401. The van der Waals surface area contributed by atoms with Gasteiger partial charge in [-0.1, -0.05) is 20.3 Å². The topological polar surface area (TPSA) is 33.6 Å². The number of imidazole rings is 1. The first-order valence-electron chi connectivity index (χ1n) is 6.18. The summed E-state index contributed by atoms with van der Waals surface area (Å²) in [5, 5.41) is 0. The summed E-state index contributed by atoms with van der Waals surface area (Å²) in [6.07, 6.45) is 4.15. The van der Waals surface area contributed by atoms with Gasteiger partial charge in [0.05, 0.1) is 5.52 Å². The summed E-state index contributed by atoms with van der Waals surface area (Å²) in [5.74, 6) is 0.709. The molecule has 0 aliphatic heterocycles. The van der Waals surface area contributed by atoms with Gasteiger partial charge in [0.15, 0.2) is 10.4 Å². The molecule has 0 aliphatic rings. The Morgan fingerprint density at radius 2 is 2.24 bits per heavy atom. The second kappa shape index (κ2) is 5.00. The van der Waals surface area contributed by atoms with E-state index in [1.54, 1.807) is 0 Å². The van der Waals surface area contributed by atoms with Crippen molar-refractivity contribution in [3.05, 3.63) is 23.1 Å². The van der Waals surface area contributed by atoms with Crippen LogP contribution in [-0.2, 0) is 0 Å². The third-order valence-electron chi connectivity index (χ3n) is 3.36. The Balaban J connectivity index is 2.40. The van der Waals surface area contributed by atoms with Gasteiger partial charge in [-0.15, -0.1) is 0 Å². The predicted molar refractivity (Wildman–Crippen MR) is 73.7 cm³/mol. The van der Waals surface area contributed by atoms with Gasteiger partial charge in [-0.05, 0) is 43.6 Å². The Morgan fingerprint density at radius 3 is 2.94 bits per heavy atom. The van der Waals surface area contributed by atoms with Crippen LogP contribution in [0.15, 0.2) is 18.3 Å². The maximum Gasteiger partial charge on any atom is 0.179 e. The molecular formula is C13H19N3S. The lowest BCUT2D eigenvalue weighted by Gasteiger charge is -2.17. The average Bonchev–Trinajstić information content (AvgIpc) is 2.64. The Kier molecular flexibility index (Phi) is 3.62. The number of nitrogens with one attached hydrogen (secondary N) is 1. The number of fused-ring (bicyclic) bond motifs is 1. The summed E-state index contributed by atoms with van der Waals surface area (Å²) >= 11 is 5.39. The number of hydrogen-bond acceptors (Lipinski definition) is 2. The van der Waals surface area contributed by atoms with Crippen LogP contribution in [0.2, 0.25) is 0 Å². The van der Waals surface area contributed by atoms with Gasteiger partial charge < -0.3 is 4.98 Å². The molecular weight excluding hydrogens is 230 g/mol. The highest BCUT2D eigenvalue weighted by molar-refractivity contribution is 7.71. The van der Waals surface area contributed by atoms with Gasteiger partial charge in [-0.25, -0.2) is 4.98 Å². The molecule has 0 radical (unpaired) electrons. The Hall–Kier alpha value is -1.16. The van der Waals surface area contributed by atoms with Crippen molar-refractivity contribution < 1.29 is 0 Å². The molecule has 0 aromatic carbocycles. The molecule has 0 amide bonds. The van der Waals surface area contributed by atoms with Crippen LogP contribution < -0.4 is 0 Å². The Labute approximate surface area is 107 Å². The molecule has 2 atom stereocenters. The molecule has 0 saturated heterocycles. The molecule has 3 nitrogen and oxygen atoms in total. The maximum atomic E-state index is 5.39. The van der Waals surface area contributed by atoms with Crippen LogP contribution in [0.4, 0.5) is 0 Å². The third-order valence-corrected chi connectivity index (χ3v) is 3.66. The van der Waals surface area contributed by atoms with Gasteiger partial charge in [0.25, 0.3) is 0 Å². The minimum absolute atomic E-state index is 0.390. The van der Waals surface area contributed by atoms with E-state index >= 15 is 0 Å². The van der Waals surface area contributed by atoms with Crippen LogP contribution in [0.1, 0.15) is 39.7 Å². The molecule has 0 bridgehead atoms. The van der Waals surface area contributed by atoms with Crippen molar-refractivity contribution in [2.75, 3.05) is 0 Å². The number of pyridine rings is 1. The highest BCUT2D eigenvalue weighted by atomic mass is 32.1. The third kappa shape index (κ3) is 2.41. The molecule has 0 fully saturated rings. The highest BCUT2D eigenvalue weighted by Gasteiger charge is 2.14. The Bertz CT molecular complexity index is 555. The molecule has 2 aromatic rings. The van der Waals surface area contributed by atoms with E-state index < -0.39 is 0 Å². The van der Waals surface area contributed by atoms with Crippen molar-refractivity contribution in [3.8, 4) is 0 Å². The first kappa shape index (κ1) is 12.3. The summed E-state index contributed by atoms with van der Waals surface area (Å²) in [7, 11) is 0. The number of H-pyrrole nitrogens is 1. The molecule has 0 saturated carbocycles. The zero-order valence-electron chi connectivity index (χ0n) is 10.6. The van der Waals surface area contributed by atoms with Crippen LogP contribution in [0.25, 0.3) is 11.2 Å². The number of rotatable bonds is 4. The molecule has 0 spiro atoms. The first-order valence-corrected chi connectivity index (χ1v) is 6.59. The van der Waals surface area contributed by atoms with Gasteiger partial charge in [-0.3, -0.25) is 4.57 Å². The molecule has 4 heteroatoms. The molecule has 0 aliphatic carbocycles. The number of aromatic amines is 1. The summed E-state index contributed by atoms with van der Waals surface area (Å²) in [4.78, 5) is 7.64. The summed E-state index contributed by atoms with van der Waals surface area (Å²) < 4.78 is 2.91. The van der Waals surface area contributed by atoms with Crippen molar-refractivity contribution in [2.24, 2.45) is 5.92 Å². The van der Waals surface area contributed by atoms with Crippen LogP contribution in [0.3, 0.4) is 0 Å². The van der Waals surface area contributed by atoms with Crippen molar-refractivity contribution in [1.29, 1.82) is 0 Å². The van der Waals surface area contributed by atoms with Crippen LogP contribution >= 0.6 is 12.2 Å². The van der Waals surface area contributed by atoms with Gasteiger partial charge >= 0.3 is 0 Å². The van der Waals surface area contributed by atoms with Crippen molar-refractivity contribution in [2.45, 2.75) is 39.7 Å². The minimum Gasteiger partial charge on any atom is -0.329 e. The molecule has 2 aromatic heterocycles. The maximum absolute atomic E-state index is 5.39. The van der Waals surface area contributed by atoms with Crippen LogP contribution in [0.5, 0.6) is 0 Å². The quantitative estimate of drug-likeness (QED) is 0.828. The van der Waals surface area contributed by atoms with E-state index in [0.29, 0.717) is 12.0 Å². The predicted octanol–water partition coefficient (Wildman–Crippen LogP) is 4.09. The van der Waals surface area contributed by atoms with Crippen LogP contribution in [-0.4, -0.2) is 14.5 Å². The summed E-state index contributed by atoms with van der Waals surface area (Å²) in [5.41, 5.74) is 1.99. The monoisotopic (exact) mass is 249 g/mol. The number of aromatic nitrogens is 3. The lowest BCUT2D eigenvalue weighted by Crippen LogP contribution is -2.09. The number of nitrogens with zero attached hydrogens (tertiary/aromatic N) is 2. The lowest BCUT2D eigenvalue weighted by atomic mass is 10.0. The average molecular weight is 249 g/mol. The zero-order valence-corrected chi connectivity index (χ0v) is 11.4. The summed E-state index contributed by atoms with van der Waals surface area (Å²) in [6, 6.07) is 4.34. The van der Waals surface area contributed by atoms with E-state index in [4.69, 9.17) is 12.2 Å². The van der Waals surface area contributed by atoms with E-state index in [1.165, 1.54) is 6.42 Å². The molecule has 92 valence electrons. The van der Waals surface area contributed by atoms with Crippen molar-refractivity contribution >= 4 is 23.4 Å². The van der Waals surface area contributed by atoms with E-state index in [2.05, 4.69) is 35.3 Å². The van der Waals surface area contributed by atoms with E-state index in [9.17, 15) is 0 Å². The smallest absolute Gasteiger partial charge is 0.179 e. The normalized spacial score (nSPS) is 15.0. The second-order valence-corrected chi connectivity index (χ2v) is 5.16. The Morgan fingerprint density at radius 1 is 1.47 bits per heavy atom. The zero-order chi connectivity index (χ0) is 12.4. The fourth-order valence-electron chi connectivity index (χ4n) is 2.22. The molecule has 2 unspecified atom stereocenters. The van der Waals surface area contributed by atoms with E-state index in [1.807, 2.05) is 18.3 Å². The largest absolute Gasteiger partial charge is 0.329 e. The van der Waals surface area contributed by atoms with Crippen molar-refractivity contribution in [3.63, 3.8) is 0 Å². The fraction of sp³-hybridized carbons (Fsp3) is 0.538. The SMILES string of the molecule is CCC(C)CC(C)n1c(=S)[nH]c2cccnc21. The van der Waals surface area contributed by atoms with Gasteiger partial charge in [0.2, 0.25) is 0 Å². The van der Waals surface area contributed by atoms with E-state index in [-0.39, 0.29) is 0 Å². The molecule has 2 heterocycles. The highest BCUT2D eigenvalue weighted by Crippen LogP contribution is 2.23. The van der Waals surface area contributed by atoms with Gasteiger partial charge in [-0.2, -0.15) is 0 Å². The molecule has 2 rings (SSSR count). The van der Waals surface area contributed by atoms with E-state index in [0.717, 1.165) is 22.4 Å². The minimum atomic E-state index is 0.390. The summed E-state index contributed by atoms with van der Waals surface area (Å²) in [6.45, 7) is 6.72. The van der Waals surface area contributed by atoms with Gasteiger partial charge in [0.1, 0.15) is 0 Å². The standard InChI is InChI=1S/C13H19N3S/c1-4-9(2)8-10(3)16-12-11(15-13(16)17)6-5-7-14-12/h5-7,9-10H,4,8H2,1-3H3,(H,15,17).